The Hall–Kier alpha value is -2.08. The molecule has 3 atom stereocenters. The van der Waals surface area contributed by atoms with Crippen molar-refractivity contribution in [3.8, 4) is 0 Å². The SMILES string of the molecule is O=C1N[C@@H](Cc2ccc(Cl)cc2)C(=O)N2C[C@@H](NCc3cccc(Cl)c3)C[C@@H]12. The molecule has 146 valence electrons. The van der Waals surface area contributed by atoms with E-state index >= 15 is 0 Å². The number of hydrogen-bond acceptors (Lipinski definition) is 3. The fourth-order valence-electron chi connectivity index (χ4n) is 3.91. The molecule has 2 saturated heterocycles. The molecule has 5 nitrogen and oxygen atoms in total. The Balaban J connectivity index is 1.39. The van der Waals surface area contributed by atoms with Gasteiger partial charge in [-0.3, -0.25) is 9.59 Å². The molecule has 28 heavy (non-hydrogen) atoms. The number of amides is 2. The average Bonchev–Trinajstić information content (AvgIpc) is 3.11. The van der Waals surface area contributed by atoms with E-state index in [-0.39, 0.29) is 17.9 Å². The number of fused-ring (bicyclic) bond motifs is 1. The van der Waals surface area contributed by atoms with Gasteiger partial charge >= 0.3 is 0 Å². The van der Waals surface area contributed by atoms with Crippen molar-refractivity contribution in [3.63, 3.8) is 0 Å². The molecular weight excluding hydrogens is 397 g/mol. The summed E-state index contributed by atoms with van der Waals surface area (Å²) >= 11 is 11.9. The number of nitrogens with zero attached hydrogens (tertiary/aromatic N) is 1. The smallest absolute Gasteiger partial charge is 0.246 e. The molecule has 0 radical (unpaired) electrons. The first-order valence-corrected chi connectivity index (χ1v) is 10.1. The Morgan fingerprint density at radius 3 is 2.57 bits per heavy atom. The predicted molar refractivity (Wildman–Crippen MR) is 109 cm³/mol. The van der Waals surface area contributed by atoms with Crippen molar-refractivity contribution >= 4 is 35.0 Å². The van der Waals surface area contributed by atoms with Crippen molar-refractivity contribution in [2.24, 2.45) is 0 Å². The van der Waals surface area contributed by atoms with E-state index in [0.29, 0.717) is 36.0 Å². The minimum atomic E-state index is -0.531. The van der Waals surface area contributed by atoms with Crippen LogP contribution in [0.5, 0.6) is 0 Å². The zero-order valence-corrected chi connectivity index (χ0v) is 16.7. The van der Waals surface area contributed by atoms with E-state index in [2.05, 4.69) is 10.6 Å². The summed E-state index contributed by atoms with van der Waals surface area (Å²) in [4.78, 5) is 27.2. The fourth-order valence-corrected chi connectivity index (χ4v) is 4.25. The van der Waals surface area contributed by atoms with Crippen molar-refractivity contribution in [1.29, 1.82) is 0 Å². The number of carbonyl (C=O) groups excluding carboxylic acids is 2. The minimum absolute atomic E-state index is 0.0217. The molecule has 2 aliphatic rings. The molecule has 0 aliphatic carbocycles. The van der Waals surface area contributed by atoms with Gasteiger partial charge in [0.15, 0.2) is 0 Å². The summed E-state index contributed by atoms with van der Waals surface area (Å²) < 4.78 is 0. The summed E-state index contributed by atoms with van der Waals surface area (Å²) in [6.07, 6.45) is 1.08. The monoisotopic (exact) mass is 417 g/mol. The number of halogens is 2. The lowest BCUT2D eigenvalue weighted by atomic mass is 10.0. The van der Waals surface area contributed by atoms with E-state index in [0.717, 1.165) is 11.1 Å². The Morgan fingerprint density at radius 2 is 1.82 bits per heavy atom. The largest absolute Gasteiger partial charge is 0.342 e. The van der Waals surface area contributed by atoms with Crippen LogP contribution in [0.25, 0.3) is 0 Å². The maximum atomic E-state index is 12.9. The van der Waals surface area contributed by atoms with Gasteiger partial charge in [0.1, 0.15) is 12.1 Å². The molecule has 2 N–H and O–H groups in total. The van der Waals surface area contributed by atoms with Crippen LogP contribution in [-0.2, 0) is 22.6 Å². The molecular formula is C21H21Cl2N3O2. The number of rotatable bonds is 5. The third-order valence-electron chi connectivity index (χ3n) is 5.34. The van der Waals surface area contributed by atoms with Gasteiger partial charge in [0.25, 0.3) is 0 Å². The van der Waals surface area contributed by atoms with Gasteiger partial charge < -0.3 is 15.5 Å². The van der Waals surface area contributed by atoms with Crippen LogP contribution in [0.3, 0.4) is 0 Å². The van der Waals surface area contributed by atoms with Crippen LogP contribution in [-0.4, -0.2) is 41.4 Å². The molecule has 2 heterocycles. The minimum Gasteiger partial charge on any atom is -0.342 e. The highest BCUT2D eigenvalue weighted by atomic mass is 35.5. The van der Waals surface area contributed by atoms with Gasteiger partial charge in [-0.15, -0.1) is 0 Å². The normalized spacial score (nSPS) is 24.2. The quantitative estimate of drug-likeness (QED) is 0.785. The standard InChI is InChI=1S/C21H21Cl2N3O2/c22-15-6-4-13(5-7-15)9-18-21(28)26-12-17(10-19(26)20(27)25-18)24-11-14-2-1-3-16(23)8-14/h1-8,17-19,24H,9-12H2,(H,25,27)/t17-,18-,19-/m0/s1. The third-order valence-corrected chi connectivity index (χ3v) is 5.83. The van der Waals surface area contributed by atoms with Gasteiger partial charge in [0.05, 0.1) is 0 Å². The maximum Gasteiger partial charge on any atom is 0.246 e. The Morgan fingerprint density at radius 1 is 1.04 bits per heavy atom. The molecule has 0 aromatic heterocycles. The number of piperazine rings is 1. The van der Waals surface area contributed by atoms with E-state index in [9.17, 15) is 9.59 Å². The lowest BCUT2D eigenvalue weighted by Gasteiger charge is -2.34. The molecule has 0 unspecified atom stereocenters. The molecule has 7 heteroatoms. The zero-order valence-electron chi connectivity index (χ0n) is 15.2. The Bertz CT molecular complexity index is 887. The van der Waals surface area contributed by atoms with Crippen molar-refractivity contribution in [1.82, 2.24) is 15.5 Å². The summed E-state index contributed by atoms with van der Waals surface area (Å²) in [6, 6.07) is 14.2. The van der Waals surface area contributed by atoms with E-state index < -0.39 is 12.1 Å². The maximum absolute atomic E-state index is 12.9. The molecule has 0 bridgehead atoms. The Kier molecular flexibility index (Phi) is 5.58. The third kappa shape index (κ3) is 4.17. The first-order chi connectivity index (χ1) is 13.5. The summed E-state index contributed by atoms with van der Waals surface area (Å²) in [6.45, 7) is 1.18. The molecule has 2 aromatic carbocycles. The molecule has 2 fully saturated rings. The molecule has 0 spiro atoms. The van der Waals surface area contributed by atoms with Crippen LogP contribution in [0.15, 0.2) is 48.5 Å². The van der Waals surface area contributed by atoms with Crippen LogP contribution in [0, 0.1) is 0 Å². The molecule has 2 aliphatic heterocycles. The topological polar surface area (TPSA) is 61.4 Å². The highest BCUT2D eigenvalue weighted by Crippen LogP contribution is 2.24. The second-order valence-electron chi connectivity index (χ2n) is 7.34. The van der Waals surface area contributed by atoms with E-state index in [1.165, 1.54) is 0 Å². The molecule has 4 rings (SSSR count). The van der Waals surface area contributed by atoms with Gasteiger partial charge in [-0.05, 0) is 41.8 Å². The number of nitrogens with one attached hydrogen (secondary N) is 2. The number of benzene rings is 2. The van der Waals surface area contributed by atoms with Crippen molar-refractivity contribution in [3.05, 3.63) is 69.7 Å². The molecule has 0 saturated carbocycles. The molecule has 2 aromatic rings. The highest BCUT2D eigenvalue weighted by molar-refractivity contribution is 6.30. The second-order valence-corrected chi connectivity index (χ2v) is 8.21. The van der Waals surface area contributed by atoms with Gasteiger partial charge in [0, 0.05) is 35.6 Å². The summed E-state index contributed by atoms with van der Waals surface area (Å²) in [5.41, 5.74) is 2.05. The fraction of sp³-hybridized carbons (Fsp3) is 0.333. The van der Waals surface area contributed by atoms with E-state index in [1.54, 1.807) is 17.0 Å². The summed E-state index contributed by atoms with van der Waals surface area (Å²) in [7, 11) is 0. The lowest BCUT2D eigenvalue weighted by molar-refractivity contribution is -0.147. The number of carbonyl (C=O) groups is 2. The lowest BCUT2D eigenvalue weighted by Crippen LogP contribution is -2.61. The number of hydrogen-bond donors (Lipinski definition) is 2. The van der Waals surface area contributed by atoms with Crippen LogP contribution in [0.2, 0.25) is 10.0 Å². The predicted octanol–water partition coefficient (Wildman–Crippen LogP) is 2.79. The second kappa shape index (κ2) is 8.11. The van der Waals surface area contributed by atoms with Crippen LogP contribution in [0.1, 0.15) is 17.5 Å². The van der Waals surface area contributed by atoms with Crippen molar-refractivity contribution < 1.29 is 9.59 Å². The van der Waals surface area contributed by atoms with Gasteiger partial charge in [-0.1, -0.05) is 47.5 Å². The van der Waals surface area contributed by atoms with E-state index in [4.69, 9.17) is 23.2 Å². The van der Waals surface area contributed by atoms with Crippen LogP contribution >= 0.6 is 23.2 Å². The zero-order chi connectivity index (χ0) is 19.7. The van der Waals surface area contributed by atoms with Gasteiger partial charge in [0.2, 0.25) is 11.8 Å². The van der Waals surface area contributed by atoms with E-state index in [1.807, 2.05) is 36.4 Å². The van der Waals surface area contributed by atoms with Gasteiger partial charge in [-0.2, -0.15) is 0 Å². The summed E-state index contributed by atoms with van der Waals surface area (Å²) in [5.74, 6) is -0.0998. The summed E-state index contributed by atoms with van der Waals surface area (Å²) in [5, 5.41) is 7.69. The average molecular weight is 418 g/mol. The van der Waals surface area contributed by atoms with Crippen molar-refractivity contribution in [2.75, 3.05) is 6.54 Å². The highest BCUT2D eigenvalue weighted by Gasteiger charge is 2.46. The van der Waals surface area contributed by atoms with Crippen molar-refractivity contribution in [2.45, 2.75) is 37.5 Å². The molecule has 2 amide bonds. The van der Waals surface area contributed by atoms with Gasteiger partial charge in [-0.25, -0.2) is 0 Å². The van der Waals surface area contributed by atoms with Crippen LogP contribution in [0.4, 0.5) is 0 Å². The first kappa shape index (κ1) is 19.2. The first-order valence-electron chi connectivity index (χ1n) is 9.33. The van der Waals surface area contributed by atoms with Crippen LogP contribution < -0.4 is 10.6 Å². The Labute approximate surface area is 174 Å².